The Morgan fingerprint density at radius 2 is 1.67 bits per heavy atom. The number of halogens is 3. The Balaban J connectivity index is 1.05. The Labute approximate surface area is 349 Å². The van der Waals surface area contributed by atoms with E-state index < -0.39 is 29.3 Å². The van der Waals surface area contributed by atoms with Crippen molar-refractivity contribution >= 4 is 50.3 Å². The van der Waals surface area contributed by atoms with Crippen molar-refractivity contribution in [3.8, 4) is 16.9 Å². The van der Waals surface area contributed by atoms with Crippen LogP contribution in [0.2, 0.25) is 0 Å². The van der Waals surface area contributed by atoms with Gasteiger partial charge in [-0.3, -0.25) is 19.8 Å². The number of para-hydroxylation sites is 1. The van der Waals surface area contributed by atoms with E-state index in [9.17, 15) is 14.4 Å². The van der Waals surface area contributed by atoms with Crippen LogP contribution in [0.1, 0.15) is 84.0 Å². The fourth-order valence-electron chi connectivity index (χ4n) is 8.85. The molecule has 2 N–H and O–H groups in total. The average molecular weight is 842 g/mol. The first-order chi connectivity index (χ1) is 28.5. The molecule has 60 heavy (non-hydrogen) atoms. The first-order valence-corrected chi connectivity index (χ1v) is 20.9. The van der Waals surface area contributed by atoms with E-state index >= 15 is 13.2 Å². The van der Waals surface area contributed by atoms with Gasteiger partial charge < -0.3 is 19.5 Å². The normalized spacial score (nSPS) is 16.9. The summed E-state index contributed by atoms with van der Waals surface area (Å²) in [5.41, 5.74) is 0.528. The van der Waals surface area contributed by atoms with Crippen molar-refractivity contribution in [2.24, 2.45) is 11.3 Å². The van der Waals surface area contributed by atoms with E-state index in [-0.39, 0.29) is 59.5 Å². The highest BCUT2D eigenvalue weighted by molar-refractivity contribution is 7.22. The number of nitrogens with zero attached hydrogens (tertiary/aromatic N) is 4. The number of amides is 1. The van der Waals surface area contributed by atoms with Crippen LogP contribution < -0.4 is 15.0 Å². The third-order valence-corrected chi connectivity index (χ3v) is 12.6. The Hall–Kier alpha value is -5.54. The maximum atomic E-state index is 15.1. The number of hydrogen-bond acceptors (Lipinski definition) is 10. The highest BCUT2D eigenvalue weighted by Crippen LogP contribution is 2.53. The molecule has 0 radical (unpaired) electrons. The second kappa shape index (κ2) is 16.1. The number of carbonyl (C=O) groups is 3. The number of hydrogen-bond donors (Lipinski definition) is 2. The van der Waals surface area contributed by atoms with E-state index in [4.69, 9.17) is 19.6 Å². The van der Waals surface area contributed by atoms with Gasteiger partial charge in [0.05, 0.1) is 23.4 Å². The number of thiazole rings is 1. The monoisotopic (exact) mass is 841 g/mol. The van der Waals surface area contributed by atoms with Crippen LogP contribution in [-0.4, -0.2) is 76.2 Å². The minimum absolute atomic E-state index is 0.00777. The van der Waals surface area contributed by atoms with Gasteiger partial charge in [0.1, 0.15) is 22.7 Å². The SMILES string of the molecule is CC(C)(C)OC(=O)c1nc(N2CCc3cccc(C(=O)Nc4nc5ccccc5s4)c3C2)ccc1-c1cccc(OCC2CC3(CCN(CC(=O)O)CC3)C2)c1C(F)(F)F. The number of benzene rings is 3. The van der Waals surface area contributed by atoms with Gasteiger partial charge in [0, 0.05) is 29.8 Å². The van der Waals surface area contributed by atoms with Crippen molar-refractivity contribution < 1.29 is 42.1 Å². The van der Waals surface area contributed by atoms with Crippen LogP contribution in [0.4, 0.5) is 24.1 Å². The molecule has 3 aromatic carbocycles. The minimum Gasteiger partial charge on any atom is -0.493 e. The lowest BCUT2D eigenvalue weighted by atomic mass is 9.58. The van der Waals surface area contributed by atoms with Crippen molar-refractivity contribution in [3.05, 3.63) is 101 Å². The zero-order chi connectivity index (χ0) is 42.4. The van der Waals surface area contributed by atoms with Crippen LogP contribution in [0.5, 0.6) is 5.75 Å². The van der Waals surface area contributed by atoms with Gasteiger partial charge in [-0.25, -0.2) is 14.8 Å². The number of aromatic nitrogens is 2. The van der Waals surface area contributed by atoms with E-state index in [2.05, 4.69) is 10.3 Å². The molecule has 0 atom stereocenters. The molecule has 2 fully saturated rings. The van der Waals surface area contributed by atoms with Gasteiger partial charge in [0.2, 0.25) is 0 Å². The summed E-state index contributed by atoms with van der Waals surface area (Å²) >= 11 is 1.38. The second-order valence-electron chi connectivity index (χ2n) is 17.1. The zero-order valence-corrected chi connectivity index (χ0v) is 34.4. The van der Waals surface area contributed by atoms with E-state index in [0.717, 1.165) is 47.0 Å². The third-order valence-electron chi connectivity index (χ3n) is 11.6. The van der Waals surface area contributed by atoms with Crippen molar-refractivity contribution in [3.63, 3.8) is 0 Å². The number of fused-ring (bicyclic) bond motifs is 2. The van der Waals surface area contributed by atoms with Crippen LogP contribution in [0.15, 0.2) is 72.8 Å². The predicted octanol–water partition coefficient (Wildman–Crippen LogP) is 9.10. The number of aliphatic carboxylic acids is 1. The fourth-order valence-corrected chi connectivity index (χ4v) is 9.71. The number of carboxylic acids is 1. The largest absolute Gasteiger partial charge is 0.493 e. The number of esters is 1. The summed E-state index contributed by atoms with van der Waals surface area (Å²) in [7, 11) is 0. The van der Waals surface area contributed by atoms with Crippen LogP contribution in [0, 0.1) is 11.3 Å². The maximum absolute atomic E-state index is 15.1. The fraction of sp³-hybridized carbons (Fsp3) is 0.400. The molecule has 11 nitrogen and oxygen atoms in total. The van der Waals surface area contributed by atoms with Gasteiger partial charge in [-0.15, -0.1) is 0 Å². The van der Waals surface area contributed by atoms with Crippen molar-refractivity contribution in [1.29, 1.82) is 0 Å². The number of ether oxygens (including phenoxy) is 2. The van der Waals surface area contributed by atoms with E-state index in [1.807, 2.05) is 46.2 Å². The molecule has 15 heteroatoms. The number of nitrogens with one attached hydrogen (secondary N) is 1. The minimum atomic E-state index is -4.84. The molecule has 4 heterocycles. The summed E-state index contributed by atoms with van der Waals surface area (Å²) in [6, 6.07) is 20.3. The average Bonchev–Trinajstić information content (AvgIpc) is 3.60. The van der Waals surface area contributed by atoms with E-state index in [1.54, 1.807) is 32.9 Å². The molecule has 314 valence electrons. The number of rotatable bonds is 10. The third kappa shape index (κ3) is 8.83. The van der Waals surface area contributed by atoms with Gasteiger partial charge in [0.15, 0.2) is 10.8 Å². The molecule has 3 aliphatic rings. The van der Waals surface area contributed by atoms with Gasteiger partial charge in [-0.2, -0.15) is 13.2 Å². The molecular formula is C45H46F3N5O6S. The van der Waals surface area contributed by atoms with Crippen LogP contribution >= 0.6 is 11.3 Å². The van der Waals surface area contributed by atoms with Crippen molar-refractivity contribution in [2.45, 2.75) is 71.2 Å². The van der Waals surface area contributed by atoms with Crippen LogP contribution in [0.3, 0.4) is 0 Å². The number of carbonyl (C=O) groups excluding carboxylic acids is 2. The Morgan fingerprint density at radius 3 is 2.38 bits per heavy atom. The molecule has 1 saturated carbocycles. The number of alkyl halides is 3. The lowest BCUT2D eigenvalue weighted by Gasteiger charge is -2.52. The van der Waals surface area contributed by atoms with E-state index in [1.165, 1.54) is 35.6 Å². The number of pyridine rings is 1. The lowest BCUT2D eigenvalue weighted by molar-refractivity contribution is -0.139. The Kier molecular flexibility index (Phi) is 11.1. The molecule has 1 saturated heterocycles. The molecule has 5 aromatic rings. The Bertz CT molecular complexity index is 2420. The number of piperidine rings is 1. The quantitative estimate of drug-likeness (QED) is 0.131. The van der Waals surface area contributed by atoms with Gasteiger partial charge in [-0.1, -0.05) is 47.7 Å². The summed E-state index contributed by atoms with van der Waals surface area (Å²) in [6.07, 6.45) is -0.971. The summed E-state index contributed by atoms with van der Waals surface area (Å²) in [5, 5.41) is 12.6. The maximum Gasteiger partial charge on any atom is 0.420 e. The molecule has 0 unspecified atom stereocenters. The smallest absolute Gasteiger partial charge is 0.420 e. The van der Waals surface area contributed by atoms with Gasteiger partial charge in [-0.05, 0) is 125 Å². The number of carboxylic acid groups (broad SMARTS) is 1. The van der Waals surface area contributed by atoms with Crippen LogP contribution in [0.25, 0.3) is 21.3 Å². The molecule has 8 rings (SSSR count). The molecule has 1 aliphatic carbocycles. The molecule has 1 amide bonds. The summed E-state index contributed by atoms with van der Waals surface area (Å²) in [4.78, 5) is 51.8. The molecular weight excluding hydrogens is 796 g/mol. The first kappa shape index (κ1) is 41.2. The van der Waals surface area contributed by atoms with Gasteiger partial charge in [0.25, 0.3) is 5.91 Å². The Morgan fingerprint density at radius 1 is 0.917 bits per heavy atom. The van der Waals surface area contributed by atoms with Crippen molar-refractivity contribution in [2.75, 3.05) is 43.0 Å². The standard InChI is InChI=1S/C45H46F3N5O6S/c1-43(2,3)59-41(57)39-30(29-9-7-12-34(38(29)45(46,47)48)58-26-27-22-44(23-27)17-20-52(21-18-44)25-37(54)55)14-15-36(50-39)53-19-16-28-8-6-10-31(32(28)24-53)40(56)51-42-49-33-11-4-5-13-35(33)60-42/h4-15,27H,16-26H2,1-3H3,(H,54,55)(H,49,51,56). The number of anilines is 2. The molecule has 2 aromatic heterocycles. The molecule has 1 spiro atoms. The van der Waals surface area contributed by atoms with E-state index in [0.29, 0.717) is 42.6 Å². The summed E-state index contributed by atoms with van der Waals surface area (Å²) < 4.78 is 58.0. The summed E-state index contributed by atoms with van der Waals surface area (Å²) in [6.45, 7) is 7.25. The van der Waals surface area contributed by atoms with Gasteiger partial charge >= 0.3 is 18.1 Å². The lowest BCUT2D eigenvalue weighted by Crippen LogP contribution is -2.49. The first-order valence-electron chi connectivity index (χ1n) is 20.1. The zero-order valence-electron chi connectivity index (χ0n) is 33.6. The number of likely N-dealkylation sites (tertiary alicyclic amines) is 1. The van der Waals surface area contributed by atoms with Crippen molar-refractivity contribution in [1.82, 2.24) is 14.9 Å². The topological polar surface area (TPSA) is 134 Å². The van der Waals surface area contributed by atoms with Crippen LogP contribution in [-0.2, 0) is 28.7 Å². The highest BCUT2D eigenvalue weighted by Gasteiger charge is 2.46. The predicted molar refractivity (Wildman–Crippen MR) is 223 cm³/mol. The summed E-state index contributed by atoms with van der Waals surface area (Å²) in [5.74, 6) is -1.97. The molecule has 0 bridgehead atoms. The highest BCUT2D eigenvalue weighted by atomic mass is 32.1. The molecule has 2 aliphatic heterocycles. The second-order valence-corrected chi connectivity index (χ2v) is 18.1.